The Bertz CT molecular complexity index is 1150. The average Bonchev–Trinajstić information content (AvgIpc) is 3.15. The summed E-state index contributed by atoms with van der Waals surface area (Å²) in [6, 6.07) is 7.44. The lowest BCUT2D eigenvalue weighted by Crippen LogP contribution is -2.59. The normalized spacial score (nSPS) is 17.8. The van der Waals surface area contributed by atoms with Gasteiger partial charge in [0.2, 0.25) is 0 Å². The van der Waals surface area contributed by atoms with E-state index in [1.165, 1.54) is 21.6 Å². The molecule has 170 valence electrons. The van der Waals surface area contributed by atoms with Gasteiger partial charge in [-0.2, -0.15) is 13.2 Å². The molecule has 0 aromatic carbocycles. The minimum absolute atomic E-state index is 0.232. The summed E-state index contributed by atoms with van der Waals surface area (Å²) in [5.41, 5.74) is 0.290. The Morgan fingerprint density at radius 3 is 2.53 bits per heavy atom. The van der Waals surface area contributed by atoms with Crippen LogP contribution in [-0.2, 0) is 6.18 Å². The molecule has 1 atom stereocenters. The van der Waals surface area contributed by atoms with Crippen molar-refractivity contribution in [3.63, 3.8) is 0 Å². The van der Waals surface area contributed by atoms with E-state index in [1.807, 2.05) is 31.7 Å². The van der Waals surface area contributed by atoms with Gasteiger partial charge in [0.15, 0.2) is 0 Å². The van der Waals surface area contributed by atoms with Crippen molar-refractivity contribution in [2.75, 3.05) is 24.5 Å². The Morgan fingerprint density at radius 1 is 1.12 bits per heavy atom. The van der Waals surface area contributed by atoms with Gasteiger partial charge in [-0.15, -0.1) is 0 Å². The number of imidazole rings is 1. The largest absolute Gasteiger partial charge is 0.465 e. The van der Waals surface area contributed by atoms with Crippen LogP contribution in [0.4, 0.5) is 23.8 Å². The van der Waals surface area contributed by atoms with E-state index in [2.05, 4.69) is 9.97 Å². The summed E-state index contributed by atoms with van der Waals surface area (Å²) in [6.45, 7) is 7.28. The first kappa shape index (κ1) is 21.9. The summed E-state index contributed by atoms with van der Waals surface area (Å²) in [6.07, 6.45) is -2.89. The number of fused-ring (bicyclic) bond motifs is 1. The van der Waals surface area contributed by atoms with Crippen LogP contribution >= 0.6 is 0 Å². The van der Waals surface area contributed by atoms with Crippen molar-refractivity contribution in [2.45, 2.75) is 33.0 Å². The van der Waals surface area contributed by atoms with E-state index in [1.54, 1.807) is 12.1 Å². The molecule has 7 nitrogen and oxygen atoms in total. The summed E-state index contributed by atoms with van der Waals surface area (Å²) in [7, 11) is 0. The minimum Gasteiger partial charge on any atom is -0.465 e. The Balaban J connectivity index is 1.68. The van der Waals surface area contributed by atoms with Crippen LogP contribution < -0.4 is 4.90 Å². The van der Waals surface area contributed by atoms with E-state index in [-0.39, 0.29) is 11.5 Å². The number of alkyl halides is 3. The topological polar surface area (TPSA) is 74.0 Å². The molecule has 4 heterocycles. The fourth-order valence-electron chi connectivity index (χ4n) is 4.04. The van der Waals surface area contributed by atoms with Gasteiger partial charge < -0.3 is 14.9 Å². The van der Waals surface area contributed by atoms with Crippen LogP contribution in [0, 0.1) is 5.41 Å². The maximum atomic E-state index is 13.2. The van der Waals surface area contributed by atoms with Gasteiger partial charge in [0.05, 0.1) is 29.2 Å². The number of carboxylic acid groups (broad SMARTS) is 1. The molecule has 1 aliphatic rings. The van der Waals surface area contributed by atoms with E-state index in [0.717, 1.165) is 12.3 Å². The van der Waals surface area contributed by atoms with Gasteiger partial charge in [0, 0.05) is 25.8 Å². The molecule has 32 heavy (non-hydrogen) atoms. The predicted molar refractivity (Wildman–Crippen MR) is 114 cm³/mol. The molecular formula is C22H24F3N5O2. The summed E-state index contributed by atoms with van der Waals surface area (Å²) in [5.74, 6) is 0.642. The van der Waals surface area contributed by atoms with Gasteiger partial charge in [0.1, 0.15) is 11.5 Å². The number of aromatic nitrogens is 3. The number of hydrogen-bond acceptors (Lipinski definition) is 4. The van der Waals surface area contributed by atoms with Gasteiger partial charge in [0.25, 0.3) is 0 Å². The number of amides is 1. The average molecular weight is 447 g/mol. The lowest BCUT2D eigenvalue weighted by atomic mass is 9.84. The Kier molecular flexibility index (Phi) is 5.26. The van der Waals surface area contributed by atoms with Gasteiger partial charge in [-0.3, -0.25) is 4.40 Å². The minimum atomic E-state index is -4.46. The molecule has 4 rings (SSSR count). The molecule has 1 saturated heterocycles. The highest BCUT2D eigenvalue weighted by atomic mass is 19.4. The highest BCUT2D eigenvalue weighted by molar-refractivity contribution is 5.67. The molecule has 0 spiro atoms. The van der Waals surface area contributed by atoms with Crippen molar-refractivity contribution in [2.24, 2.45) is 5.41 Å². The van der Waals surface area contributed by atoms with Crippen molar-refractivity contribution in [1.82, 2.24) is 19.3 Å². The lowest BCUT2D eigenvalue weighted by Gasteiger charge is -2.46. The second kappa shape index (κ2) is 7.68. The van der Waals surface area contributed by atoms with Crippen LogP contribution in [0.5, 0.6) is 0 Å². The Labute approximate surface area is 183 Å². The summed E-state index contributed by atoms with van der Waals surface area (Å²) in [5, 5.41) is 9.58. The van der Waals surface area contributed by atoms with E-state index in [0.29, 0.717) is 42.5 Å². The fourth-order valence-corrected chi connectivity index (χ4v) is 4.04. The van der Waals surface area contributed by atoms with Gasteiger partial charge in [-0.25, -0.2) is 14.8 Å². The second-order valence-electron chi connectivity index (χ2n) is 8.97. The number of piperazine rings is 1. The molecule has 10 heteroatoms. The molecular weight excluding hydrogens is 423 g/mol. The van der Waals surface area contributed by atoms with Gasteiger partial charge in [-0.1, -0.05) is 26.8 Å². The first-order valence-electron chi connectivity index (χ1n) is 10.2. The van der Waals surface area contributed by atoms with Crippen LogP contribution in [0.15, 0.2) is 42.7 Å². The molecule has 3 aromatic rings. The zero-order valence-electron chi connectivity index (χ0n) is 18.0. The van der Waals surface area contributed by atoms with E-state index in [4.69, 9.17) is 0 Å². The Morgan fingerprint density at radius 2 is 1.88 bits per heavy atom. The number of halogens is 3. The predicted octanol–water partition coefficient (Wildman–Crippen LogP) is 4.63. The van der Waals surface area contributed by atoms with Crippen molar-refractivity contribution < 1.29 is 23.1 Å². The lowest BCUT2D eigenvalue weighted by molar-refractivity contribution is -0.137. The molecule has 0 aliphatic carbocycles. The summed E-state index contributed by atoms with van der Waals surface area (Å²) >= 11 is 0. The fraction of sp³-hybridized carbons (Fsp3) is 0.409. The third kappa shape index (κ3) is 4.09. The third-order valence-electron chi connectivity index (χ3n) is 5.78. The molecule has 0 bridgehead atoms. The zero-order chi connectivity index (χ0) is 23.3. The first-order chi connectivity index (χ1) is 14.9. The number of rotatable bonds is 2. The number of carbonyl (C=O) groups is 1. The summed E-state index contributed by atoms with van der Waals surface area (Å²) in [4.78, 5) is 24.1. The molecule has 1 aliphatic heterocycles. The van der Waals surface area contributed by atoms with Crippen molar-refractivity contribution in [1.29, 1.82) is 0 Å². The highest BCUT2D eigenvalue weighted by Gasteiger charge is 2.38. The maximum absolute atomic E-state index is 13.2. The number of pyridine rings is 2. The monoisotopic (exact) mass is 447 g/mol. The second-order valence-corrected chi connectivity index (χ2v) is 8.97. The Hall–Kier alpha value is -3.30. The molecule has 1 amide bonds. The van der Waals surface area contributed by atoms with Crippen LogP contribution in [0.2, 0.25) is 0 Å². The maximum Gasteiger partial charge on any atom is 0.417 e. The molecule has 0 radical (unpaired) electrons. The van der Waals surface area contributed by atoms with Gasteiger partial charge >= 0.3 is 12.3 Å². The molecule has 0 saturated carbocycles. The van der Waals surface area contributed by atoms with Crippen molar-refractivity contribution in [3.8, 4) is 11.4 Å². The zero-order valence-corrected chi connectivity index (χ0v) is 18.0. The molecule has 1 fully saturated rings. The molecule has 1 N–H and O–H groups in total. The van der Waals surface area contributed by atoms with Gasteiger partial charge in [-0.05, 0) is 29.7 Å². The van der Waals surface area contributed by atoms with Crippen LogP contribution in [-0.4, -0.2) is 56.1 Å². The molecule has 1 unspecified atom stereocenters. The molecule has 3 aromatic heterocycles. The van der Waals surface area contributed by atoms with E-state index >= 15 is 0 Å². The van der Waals surface area contributed by atoms with Crippen LogP contribution in [0.1, 0.15) is 26.3 Å². The third-order valence-corrected chi connectivity index (χ3v) is 5.78. The van der Waals surface area contributed by atoms with Crippen molar-refractivity contribution in [3.05, 3.63) is 48.3 Å². The SMILES string of the molecule is CC(C)(C)C1CN(c2cccc(-c3cnc4ccc(C(F)(F)F)cn34)n2)CCN1C(=O)O. The summed E-state index contributed by atoms with van der Waals surface area (Å²) < 4.78 is 40.9. The van der Waals surface area contributed by atoms with Crippen LogP contribution in [0.3, 0.4) is 0 Å². The van der Waals surface area contributed by atoms with Crippen molar-refractivity contribution >= 4 is 17.6 Å². The standard InChI is InChI=1S/C22H24F3N5O2/c1-21(2,3)17-13-28(9-10-29(17)20(31)32)19-6-4-5-15(27-19)16-11-26-18-8-7-14(12-30(16)18)22(23,24)25/h4-8,11-12,17H,9-10,13H2,1-3H3,(H,31,32). The van der Waals surface area contributed by atoms with E-state index < -0.39 is 17.8 Å². The van der Waals surface area contributed by atoms with Crippen LogP contribution in [0.25, 0.3) is 17.0 Å². The quantitative estimate of drug-likeness (QED) is 0.620. The smallest absolute Gasteiger partial charge is 0.417 e. The number of anilines is 1. The van der Waals surface area contributed by atoms with E-state index in [9.17, 15) is 23.1 Å². The number of hydrogen-bond donors (Lipinski definition) is 1. The number of nitrogens with zero attached hydrogens (tertiary/aromatic N) is 5. The first-order valence-corrected chi connectivity index (χ1v) is 10.2. The highest BCUT2D eigenvalue weighted by Crippen LogP contribution is 2.32.